The molecule has 0 radical (unpaired) electrons. The van der Waals surface area contributed by atoms with Crippen LogP contribution < -0.4 is 9.80 Å². The summed E-state index contributed by atoms with van der Waals surface area (Å²) in [6.45, 7) is 8.78. The third-order valence-electron chi connectivity index (χ3n) is 5.43. The highest BCUT2D eigenvalue weighted by Crippen LogP contribution is 2.31. The fourth-order valence-corrected chi connectivity index (χ4v) is 3.85. The molecule has 0 aliphatic carbocycles. The minimum atomic E-state index is -0.00180. The summed E-state index contributed by atoms with van der Waals surface area (Å²) in [6.07, 6.45) is 1.83. The van der Waals surface area contributed by atoms with Gasteiger partial charge in [0.2, 0.25) is 5.91 Å². The smallest absolute Gasteiger partial charge is 0.231 e. The summed E-state index contributed by atoms with van der Waals surface area (Å²) in [6, 6.07) is 12.3. The first-order chi connectivity index (χ1) is 12.4. The molecule has 0 bridgehead atoms. The largest absolute Gasteiger partial charge is 0.354 e. The van der Waals surface area contributed by atoms with E-state index in [0.29, 0.717) is 0 Å². The Labute approximate surface area is 155 Å². The molecule has 5 nitrogen and oxygen atoms in total. The molecule has 1 fully saturated rings. The fourth-order valence-electron chi connectivity index (χ4n) is 3.85. The van der Waals surface area contributed by atoms with Crippen molar-refractivity contribution < 1.29 is 4.79 Å². The van der Waals surface area contributed by atoms with E-state index in [2.05, 4.69) is 48.0 Å². The molecule has 1 aromatic carbocycles. The summed E-state index contributed by atoms with van der Waals surface area (Å²) in [5.74, 6) is 1.15. The van der Waals surface area contributed by atoms with Gasteiger partial charge in [-0.15, -0.1) is 5.10 Å². The standard InChI is InChI=1S/C21H26N4O/c1-21(2,3)18-8-9-19(23-22-18)24-12-10-16(14-24)20(26)25-13-11-15-6-4-5-7-17(15)25/h4-9,16H,10-14H2,1-3H3. The third-order valence-corrected chi connectivity index (χ3v) is 5.43. The Morgan fingerprint density at radius 2 is 1.88 bits per heavy atom. The SMILES string of the molecule is CC(C)(C)c1ccc(N2CCC(C(=O)N3CCc4ccccc43)C2)nn1. The van der Waals surface area contributed by atoms with Gasteiger partial charge in [0.1, 0.15) is 0 Å². The number of nitrogens with zero attached hydrogens (tertiary/aromatic N) is 4. The minimum Gasteiger partial charge on any atom is -0.354 e. The first-order valence-corrected chi connectivity index (χ1v) is 9.42. The van der Waals surface area contributed by atoms with Gasteiger partial charge in [-0.25, -0.2) is 0 Å². The van der Waals surface area contributed by atoms with Gasteiger partial charge in [0.15, 0.2) is 5.82 Å². The van der Waals surface area contributed by atoms with Crippen molar-refractivity contribution in [1.29, 1.82) is 0 Å². The zero-order chi connectivity index (χ0) is 18.3. The Bertz CT molecular complexity index is 810. The monoisotopic (exact) mass is 350 g/mol. The number of para-hydroxylation sites is 1. The van der Waals surface area contributed by atoms with Crippen molar-refractivity contribution in [1.82, 2.24) is 10.2 Å². The molecule has 0 spiro atoms. The van der Waals surface area contributed by atoms with Crippen LogP contribution in [0.1, 0.15) is 38.4 Å². The lowest BCUT2D eigenvalue weighted by atomic mass is 9.92. The second-order valence-electron chi connectivity index (χ2n) is 8.33. The Kier molecular flexibility index (Phi) is 4.17. The van der Waals surface area contributed by atoms with Crippen molar-refractivity contribution in [3.63, 3.8) is 0 Å². The summed E-state index contributed by atoms with van der Waals surface area (Å²) < 4.78 is 0. The van der Waals surface area contributed by atoms with Crippen LogP contribution in [0.25, 0.3) is 0 Å². The van der Waals surface area contributed by atoms with Gasteiger partial charge in [-0.2, -0.15) is 5.10 Å². The van der Waals surface area contributed by atoms with Crippen LogP contribution in [0.3, 0.4) is 0 Å². The number of anilines is 2. The first-order valence-electron chi connectivity index (χ1n) is 9.42. The summed E-state index contributed by atoms with van der Waals surface area (Å²) in [5.41, 5.74) is 3.35. The number of benzene rings is 1. The van der Waals surface area contributed by atoms with Crippen LogP contribution in [0.5, 0.6) is 0 Å². The van der Waals surface area contributed by atoms with Crippen molar-refractivity contribution in [3.05, 3.63) is 47.7 Å². The molecule has 5 heteroatoms. The van der Waals surface area contributed by atoms with E-state index in [1.807, 2.05) is 29.2 Å². The quantitative estimate of drug-likeness (QED) is 0.835. The number of rotatable bonds is 2. The molecule has 136 valence electrons. The lowest BCUT2D eigenvalue weighted by molar-refractivity contribution is -0.121. The molecule has 3 heterocycles. The molecule has 4 rings (SSSR count). The number of hydrogen-bond acceptors (Lipinski definition) is 4. The number of fused-ring (bicyclic) bond motifs is 1. The Morgan fingerprint density at radius 1 is 1.08 bits per heavy atom. The Hall–Kier alpha value is -2.43. The second-order valence-corrected chi connectivity index (χ2v) is 8.33. The van der Waals surface area contributed by atoms with E-state index in [0.717, 1.165) is 49.7 Å². The third kappa shape index (κ3) is 3.06. The van der Waals surface area contributed by atoms with Crippen molar-refractivity contribution in [2.75, 3.05) is 29.4 Å². The highest BCUT2D eigenvalue weighted by molar-refractivity contribution is 5.97. The average Bonchev–Trinajstić information content (AvgIpc) is 3.28. The van der Waals surface area contributed by atoms with Crippen LogP contribution in [0.15, 0.2) is 36.4 Å². The van der Waals surface area contributed by atoms with Gasteiger partial charge in [-0.05, 0) is 36.6 Å². The molecule has 2 aliphatic rings. The van der Waals surface area contributed by atoms with E-state index in [4.69, 9.17) is 0 Å². The normalized spacial score (nSPS) is 19.7. The van der Waals surface area contributed by atoms with Gasteiger partial charge in [0, 0.05) is 30.7 Å². The molecule has 1 saturated heterocycles. The summed E-state index contributed by atoms with van der Waals surface area (Å²) in [5, 5.41) is 8.79. The van der Waals surface area contributed by atoms with E-state index in [1.54, 1.807) is 0 Å². The molecule has 26 heavy (non-hydrogen) atoms. The number of aromatic nitrogens is 2. The maximum absolute atomic E-state index is 13.0. The number of carbonyl (C=O) groups excluding carboxylic acids is 1. The lowest BCUT2D eigenvalue weighted by Crippen LogP contribution is -2.36. The molecule has 1 unspecified atom stereocenters. The van der Waals surface area contributed by atoms with E-state index in [9.17, 15) is 4.79 Å². The van der Waals surface area contributed by atoms with E-state index in [1.165, 1.54) is 5.56 Å². The van der Waals surface area contributed by atoms with Crippen LogP contribution >= 0.6 is 0 Å². The van der Waals surface area contributed by atoms with Gasteiger partial charge in [-0.1, -0.05) is 39.0 Å². The molecule has 2 aliphatic heterocycles. The van der Waals surface area contributed by atoms with Crippen molar-refractivity contribution in [2.45, 2.75) is 39.0 Å². The van der Waals surface area contributed by atoms with E-state index in [-0.39, 0.29) is 17.2 Å². The summed E-state index contributed by atoms with van der Waals surface area (Å²) in [4.78, 5) is 17.2. The highest BCUT2D eigenvalue weighted by atomic mass is 16.2. The number of hydrogen-bond donors (Lipinski definition) is 0. The zero-order valence-corrected chi connectivity index (χ0v) is 15.8. The zero-order valence-electron chi connectivity index (χ0n) is 15.8. The van der Waals surface area contributed by atoms with E-state index < -0.39 is 0 Å². The van der Waals surface area contributed by atoms with E-state index >= 15 is 0 Å². The topological polar surface area (TPSA) is 49.3 Å². The van der Waals surface area contributed by atoms with Gasteiger partial charge in [-0.3, -0.25) is 4.79 Å². The van der Waals surface area contributed by atoms with Crippen molar-refractivity contribution >= 4 is 17.4 Å². The van der Waals surface area contributed by atoms with Crippen LogP contribution in [-0.4, -0.2) is 35.7 Å². The molecule has 0 saturated carbocycles. The summed E-state index contributed by atoms with van der Waals surface area (Å²) >= 11 is 0. The first kappa shape index (κ1) is 17.0. The van der Waals surface area contributed by atoms with Crippen molar-refractivity contribution in [2.24, 2.45) is 5.92 Å². The van der Waals surface area contributed by atoms with Gasteiger partial charge in [0.25, 0.3) is 0 Å². The molecule has 0 N–H and O–H groups in total. The highest BCUT2D eigenvalue weighted by Gasteiger charge is 2.35. The fraction of sp³-hybridized carbons (Fsp3) is 0.476. The van der Waals surface area contributed by atoms with Gasteiger partial charge >= 0.3 is 0 Å². The van der Waals surface area contributed by atoms with Crippen LogP contribution in [0.2, 0.25) is 0 Å². The molecule has 1 atom stereocenters. The molecular formula is C21H26N4O. The van der Waals surface area contributed by atoms with Crippen LogP contribution in [0.4, 0.5) is 11.5 Å². The summed E-state index contributed by atoms with van der Waals surface area (Å²) in [7, 11) is 0. The lowest BCUT2D eigenvalue weighted by Gasteiger charge is -2.22. The predicted octanol–water partition coefficient (Wildman–Crippen LogP) is 3.19. The molecule has 1 aromatic heterocycles. The number of carbonyl (C=O) groups is 1. The molecule has 2 aromatic rings. The minimum absolute atomic E-state index is 0.00180. The predicted molar refractivity (Wildman–Crippen MR) is 104 cm³/mol. The van der Waals surface area contributed by atoms with Crippen LogP contribution in [-0.2, 0) is 16.6 Å². The molecular weight excluding hydrogens is 324 g/mol. The average molecular weight is 350 g/mol. The van der Waals surface area contributed by atoms with Gasteiger partial charge < -0.3 is 9.80 Å². The van der Waals surface area contributed by atoms with Crippen LogP contribution in [0, 0.1) is 5.92 Å². The number of amides is 1. The Morgan fingerprint density at radius 3 is 2.62 bits per heavy atom. The Balaban J connectivity index is 1.45. The van der Waals surface area contributed by atoms with Gasteiger partial charge in [0.05, 0.1) is 11.6 Å². The second kappa shape index (κ2) is 6.38. The van der Waals surface area contributed by atoms with Crippen molar-refractivity contribution in [3.8, 4) is 0 Å². The molecule has 1 amide bonds. The maximum atomic E-state index is 13.0. The maximum Gasteiger partial charge on any atom is 0.231 e.